The molecule has 0 saturated heterocycles. The number of aliphatic carboxylic acids is 1. The lowest BCUT2D eigenvalue weighted by atomic mass is 10.0. The highest BCUT2D eigenvalue weighted by Gasteiger charge is 2.22. The molecule has 91 heavy (non-hydrogen) atoms. The summed E-state index contributed by atoms with van der Waals surface area (Å²) in [5, 5.41) is 11.9. The van der Waals surface area contributed by atoms with Crippen LogP contribution >= 0.6 is 0 Å². The molecular formula is C82H151NO8. The molecule has 532 valence electrons. The molecule has 0 saturated carbocycles. The molecule has 0 radical (unpaired) electrons. The maximum atomic E-state index is 13.0. The van der Waals surface area contributed by atoms with Gasteiger partial charge in [-0.15, -0.1) is 0 Å². The SMILES string of the molecule is CCCCCCC/C=C\C/C=C\C/C=C\CCCCCCCCCCCCCCCCCCCCCCCCCCC(=O)OC(COC(=O)CCCCCCCCCCCCCCCCC/C=C\C/C=C\CCCCCCC)COC(OCC[N+](C)(C)C)C(=O)[O-]. The van der Waals surface area contributed by atoms with Gasteiger partial charge in [-0.1, -0.05) is 351 Å². The number of quaternary nitrogens is 1. The van der Waals surface area contributed by atoms with Gasteiger partial charge >= 0.3 is 11.9 Å². The quantitative estimate of drug-likeness (QED) is 0.0195. The van der Waals surface area contributed by atoms with Crippen molar-refractivity contribution in [1.82, 2.24) is 0 Å². The normalized spacial score (nSPS) is 12.9. The van der Waals surface area contributed by atoms with Crippen LogP contribution in [-0.2, 0) is 33.3 Å². The van der Waals surface area contributed by atoms with Gasteiger partial charge in [0.2, 0.25) is 0 Å². The van der Waals surface area contributed by atoms with Crippen molar-refractivity contribution in [1.29, 1.82) is 0 Å². The second-order valence-electron chi connectivity index (χ2n) is 28.0. The van der Waals surface area contributed by atoms with Gasteiger partial charge in [0.15, 0.2) is 12.4 Å². The fraction of sp³-hybridized carbons (Fsp3) is 0.841. The number of unbranched alkanes of at least 4 members (excludes halogenated alkanes) is 49. The van der Waals surface area contributed by atoms with E-state index >= 15 is 0 Å². The molecule has 0 aromatic rings. The summed E-state index contributed by atoms with van der Waals surface area (Å²) in [7, 11) is 5.95. The van der Waals surface area contributed by atoms with Crippen molar-refractivity contribution in [3.8, 4) is 0 Å². The second-order valence-corrected chi connectivity index (χ2v) is 28.0. The fourth-order valence-electron chi connectivity index (χ4n) is 11.7. The molecule has 0 amide bonds. The summed E-state index contributed by atoms with van der Waals surface area (Å²) in [5.74, 6) is -2.26. The van der Waals surface area contributed by atoms with Crippen molar-refractivity contribution in [2.45, 2.75) is 399 Å². The van der Waals surface area contributed by atoms with Crippen LogP contribution in [0.1, 0.15) is 386 Å². The van der Waals surface area contributed by atoms with Crippen LogP contribution < -0.4 is 5.11 Å². The Morgan fingerprint density at radius 2 is 0.593 bits per heavy atom. The average molecular weight is 1280 g/mol. The third-order valence-corrected chi connectivity index (χ3v) is 17.7. The minimum Gasteiger partial charge on any atom is -0.545 e. The maximum absolute atomic E-state index is 13.0. The molecular weight excluding hydrogens is 1130 g/mol. The van der Waals surface area contributed by atoms with Crippen LogP contribution in [0.15, 0.2) is 60.8 Å². The molecule has 0 heterocycles. The smallest absolute Gasteiger partial charge is 0.306 e. The third kappa shape index (κ3) is 74.3. The summed E-state index contributed by atoms with van der Waals surface area (Å²) < 4.78 is 22.9. The van der Waals surface area contributed by atoms with E-state index in [4.69, 9.17) is 18.9 Å². The molecule has 2 unspecified atom stereocenters. The Hall–Kier alpha value is -3.01. The molecule has 0 aliphatic carbocycles. The lowest BCUT2D eigenvalue weighted by Crippen LogP contribution is -2.44. The number of carboxylic acids is 1. The Bertz CT molecular complexity index is 1680. The maximum Gasteiger partial charge on any atom is 0.306 e. The summed E-state index contributed by atoms with van der Waals surface area (Å²) in [6, 6.07) is 0. The largest absolute Gasteiger partial charge is 0.545 e. The number of carbonyl (C=O) groups is 3. The highest BCUT2D eigenvalue weighted by atomic mass is 16.7. The topological polar surface area (TPSA) is 111 Å². The van der Waals surface area contributed by atoms with Crippen molar-refractivity contribution < 1.29 is 42.9 Å². The number of hydrogen-bond donors (Lipinski definition) is 0. The first kappa shape index (κ1) is 88.0. The van der Waals surface area contributed by atoms with Crippen LogP contribution in [0.25, 0.3) is 0 Å². The zero-order chi connectivity index (χ0) is 66.1. The summed E-state index contributed by atoms with van der Waals surface area (Å²) in [4.78, 5) is 37.6. The summed E-state index contributed by atoms with van der Waals surface area (Å²) in [6.07, 6.45) is 93.4. The summed E-state index contributed by atoms with van der Waals surface area (Å²) in [5.41, 5.74) is 0. The van der Waals surface area contributed by atoms with Gasteiger partial charge in [0.05, 0.1) is 40.3 Å². The van der Waals surface area contributed by atoms with E-state index in [1.165, 1.54) is 302 Å². The predicted octanol–water partition coefficient (Wildman–Crippen LogP) is 23.7. The van der Waals surface area contributed by atoms with Crippen LogP contribution in [0.3, 0.4) is 0 Å². The Morgan fingerprint density at radius 3 is 0.879 bits per heavy atom. The fourth-order valence-corrected chi connectivity index (χ4v) is 11.7. The van der Waals surface area contributed by atoms with Gasteiger partial charge in [-0.05, 0) is 83.5 Å². The van der Waals surface area contributed by atoms with E-state index < -0.39 is 24.3 Å². The zero-order valence-corrected chi connectivity index (χ0v) is 61.0. The molecule has 0 aliphatic rings. The summed E-state index contributed by atoms with van der Waals surface area (Å²) >= 11 is 0. The Kier molecular flexibility index (Phi) is 70.4. The number of allylic oxidation sites excluding steroid dienone is 10. The van der Waals surface area contributed by atoms with Gasteiger partial charge in [0.1, 0.15) is 13.2 Å². The van der Waals surface area contributed by atoms with E-state index in [0.717, 1.165) is 57.8 Å². The molecule has 0 aromatic heterocycles. The lowest BCUT2D eigenvalue weighted by Gasteiger charge is -2.26. The van der Waals surface area contributed by atoms with Crippen molar-refractivity contribution in [2.75, 3.05) is 47.5 Å². The van der Waals surface area contributed by atoms with Crippen LogP contribution in [0.2, 0.25) is 0 Å². The third-order valence-electron chi connectivity index (χ3n) is 17.7. The van der Waals surface area contributed by atoms with Crippen LogP contribution in [0.4, 0.5) is 0 Å². The first-order valence-electron chi connectivity index (χ1n) is 39.4. The molecule has 0 N–H and O–H groups in total. The predicted molar refractivity (Wildman–Crippen MR) is 389 cm³/mol. The second kappa shape index (κ2) is 72.8. The van der Waals surface area contributed by atoms with Crippen molar-refractivity contribution >= 4 is 17.9 Å². The van der Waals surface area contributed by atoms with Crippen LogP contribution in [0, 0.1) is 0 Å². The molecule has 0 fully saturated rings. The van der Waals surface area contributed by atoms with Crippen molar-refractivity contribution in [2.24, 2.45) is 0 Å². The van der Waals surface area contributed by atoms with E-state index in [0.29, 0.717) is 17.4 Å². The number of ether oxygens (including phenoxy) is 4. The molecule has 0 bridgehead atoms. The standard InChI is InChI=1S/C82H151NO8/c1-6-8-10-12-14-16-18-20-22-24-26-28-30-32-34-35-36-37-38-39-40-41-42-43-44-45-47-49-51-53-55-57-59-61-63-65-67-69-71-73-80(85)91-78(77-90-82(81(86)87)88-75-74-83(3,4)5)76-89-79(84)72-70-68-66-64-62-60-58-56-54-52-50-48-46-33-31-29-27-25-23-21-19-17-15-13-11-9-7-2/h18-21,24-27,30,32,78,82H,6-17,22-23,28-29,31,33-77H2,1-5H3/b20-18-,21-19-,26-24-,27-25-,32-30-. The highest BCUT2D eigenvalue weighted by molar-refractivity contribution is 5.70. The van der Waals surface area contributed by atoms with Crippen LogP contribution in [-0.4, -0.2) is 82.3 Å². The number of hydrogen-bond acceptors (Lipinski definition) is 8. The van der Waals surface area contributed by atoms with Crippen LogP contribution in [0.5, 0.6) is 0 Å². The van der Waals surface area contributed by atoms with Gasteiger partial charge in [0.25, 0.3) is 0 Å². The molecule has 0 aromatic carbocycles. The van der Waals surface area contributed by atoms with Crippen molar-refractivity contribution in [3.05, 3.63) is 60.8 Å². The van der Waals surface area contributed by atoms with Gasteiger partial charge in [-0.25, -0.2) is 0 Å². The van der Waals surface area contributed by atoms with E-state index in [2.05, 4.69) is 74.6 Å². The van der Waals surface area contributed by atoms with E-state index in [-0.39, 0.29) is 32.2 Å². The molecule has 0 rings (SSSR count). The Balaban J connectivity index is 3.98. The number of likely N-dealkylation sites (N-methyl/N-ethyl adjacent to an activating group) is 1. The molecule has 2 atom stereocenters. The first-order chi connectivity index (χ1) is 44.6. The zero-order valence-electron chi connectivity index (χ0n) is 61.0. The number of carboxylic acid groups (broad SMARTS) is 1. The number of esters is 2. The average Bonchev–Trinajstić information content (AvgIpc) is 3.46. The van der Waals surface area contributed by atoms with Crippen molar-refractivity contribution in [3.63, 3.8) is 0 Å². The molecule has 9 heteroatoms. The Morgan fingerprint density at radius 1 is 0.330 bits per heavy atom. The minimum atomic E-state index is -1.62. The monoisotopic (exact) mass is 1280 g/mol. The van der Waals surface area contributed by atoms with E-state index in [1.54, 1.807) is 0 Å². The van der Waals surface area contributed by atoms with Gasteiger partial charge in [-0.3, -0.25) is 9.59 Å². The number of carbonyl (C=O) groups excluding carboxylic acids is 3. The minimum absolute atomic E-state index is 0.149. The van der Waals surface area contributed by atoms with Gasteiger partial charge in [-0.2, -0.15) is 0 Å². The molecule has 0 spiro atoms. The van der Waals surface area contributed by atoms with Gasteiger partial charge < -0.3 is 33.3 Å². The molecule has 9 nitrogen and oxygen atoms in total. The van der Waals surface area contributed by atoms with E-state index in [9.17, 15) is 19.5 Å². The number of rotatable bonds is 74. The number of nitrogens with zero attached hydrogens (tertiary/aromatic N) is 1. The van der Waals surface area contributed by atoms with Gasteiger partial charge in [0, 0.05) is 12.8 Å². The first-order valence-corrected chi connectivity index (χ1v) is 39.4. The lowest BCUT2D eigenvalue weighted by molar-refractivity contribution is -0.870. The molecule has 0 aliphatic heterocycles. The summed E-state index contributed by atoms with van der Waals surface area (Å²) in [6.45, 7) is 4.79. The highest BCUT2D eigenvalue weighted by Crippen LogP contribution is 2.19. The Labute approximate surface area is 565 Å². The van der Waals surface area contributed by atoms with E-state index in [1.807, 2.05) is 21.1 Å².